The molecule has 0 spiro atoms. The van der Waals surface area contributed by atoms with Gasteiger partial charge in [0, 0.05) is 5.92 Å². The minimum Gasteiger partial charge on any atom is -0.439 e. The van der Waals surface area contributed by atoms with Gasteiger partial charge in [-0.3, -0.25) is 0 Å². The Labute approximate surface area is 109 Å². The minimum atomic E-state index is 0.402. The van der Waals surface area contributed by atoms with Crippen LogP contribution >= 0.6 is 15.9 Å². The molecule has 1 aliphatic carbocycles. The van der Waals surface area contributed by atoms with E-state index >= 15 is 0 Å². The van der Waals surface area contributed by atoms with Crippen molar-refractivity contribution < 1.29 is 4.42 Å². The van der Waals surface area contributed by atoms with E-state index < -0.39 is 0 Å². The molecule has 0 amide bonds. The van der Waals surface area contributed by atoms with Gasteiger partial charge in [-0.25, -0.2) is 4.98 Å². The predicted molar refractivity (Wildman–Crippen MR) is 70.8 cm³/mol. The summed E-state index contributed by atoms with van der Waals surface area (Å²) in [5.74, 6) is 1.79. The molecule has 3 nitrogen and oxygen atoms in total. The molecule has 1 aliphatic rings. The van der Waals surface area contributed by atoms with Crippen molar-refractivity contribution in [3.05, 3.63) is 28.6 Å². The Balaban J connectivity index is 2.03. The number of halogens is 1. The molecular weight excluding hydrogens is 280 g/mol. The average Bonchev–Trinajstić information content (AvgIpc) is 2.94. The second-order valence-corrected chi connectivity index (χ2v) is 5.53. The maximum absolute atomic E-state index is 5.90. The number of benzene rings is 1. The number of nitrogens with zero attached hydrogens (tertiary/aromatic N) is 1. The van der Waals surface area contributed by atoms with Crippen molar-refractivity contribution in [1.29, 1.82) is 0 Å². The minimum absolute atomic E-state index is 0.402. The lowest BCUT2D eigenvalue weighted by molar-refractivity contribution is 0.401. The van der Waals surface area contributed by atoms with Crippen LogP contribution in [0.3, 0.4) is 0 Å². The molecule has 1 fully saturated rings. The molecule has 1 heterocycles. The SMILES string of the molecule is NCC1CCCC1c1nc2cccc(Br)c2o1. The standard InChI is InChI=1S/C13H15BrN2O/c14-10-5-2-6-11-12(10)17-13(16-11)9-4-1-3-8(9)7-15/h2,5-6,8-9H,1,3-4,7,15H2. The van der Waals surface area contributed by atoms with Gasteiger partial charge >= 0.3 is 0 Å². The summed E-state index contributed by atoms with van der Waals surface area (Å²) in [6.45, 7) is 0.727. The van der Waals surface area contributed by atoms with Crippen molar-refractivity contribution in [2.24, 2.45) is 11.7 Å². The number of nitrogens with two attached hydrogens (primary N) is 1. The number of fused-ring (bicyclic) bond motifs is 1. The lowest BCUT2D eigenvalue weighted by Gasteiger charge is -2.13. The zero-order valence-electron chi connectivity index (χ0n) is 9.53. The van der Waals surface area contributed by atoms with Crippen LogP contribution in [0.25, 0.3) is 11.1 Å². The smallest absolute Gasteiger partial charge is 0.198 e. The summed E-state index contributed by atoms with van der Waals surface area (Å²) in [6.07, 6.45) is 3.57. The molecule has 1 aromatic carbocycles. The van der Waals surface area contributed by atoms with Crippen LogP contribution in [0, 0.1) is 5.92 Å². The van der Waals surface area contributed by atoms with Gasteiger partial charge in [0.25, 0.3) is 0 Å². The highest BCUT2D eigenvalue weighted by Gasteiger charge is 2.31. The average molecular weight is 295 g/mol. The Morgan fingerprint density at radius 1 is 1.41 bits per heavy atom. The molecule has 2 atom stereocenters. The molecule has 17 heavy (non-hydrogen) atoms. The van der Waals surface area contributed by atoms with Gasteiger partial charge in [0.05, 0.1) is 4.47 Å². The zero-order chi connectivity index (χ0) is 11.8. The third-order valence-corrected chi connectivity index (χ3v) is 4.29. The van der Waals surface area contributed by atoms with Gasteiger partial charge < -0.3 is 10.2 Å². The molecule has 0 saturated heterocycles. The number of aromatic nitrogens is 1. The van der Waals surface area contributed by atoms with Crippen LogP contribution < -0.4 is 5.73 Å². The van der Waals surface area contributed by atoms with Crippen molar-refractivity contribution in [3.8, 4) is 0 Å². The number of rotatable bonds is 2. The third kappa shape index (κ3) is 1.89. The fourth-order valence-corrected chi connectivity index (χ4v) is 3.17. The number of para-hydroxylation sites is 1. The van der Waals surface area contributed by atoms with Crippen LogP contribution in [0.1, 0.15) is 31.1 Å². The van der Waals surface area contributed by atoms with Gasteiger partial charge in [0.2, 0.25) is 0 Å². The van der Waals surface area contributed by atoms with E-state index in [9.17, 15) is 0 Å². The highest BCUT2D eigenvalue weighted by Crippen LogP contribution is 2.40. The Kier molecular flexibility index (Phi) is 2.92. The molecule has 2 aromatic rings. The van der Waals surface area contributed by atoms with Crippen molar-refractivity contribution in [3.63, 3.8) is 0 Å². The quantitative estimate of drug-likeness (QED) is 0.923. The molecule has 0 bridgehead atoms. The van der Waals surface area contributed by atoms with Crippen molar-refractivity contribution in [1.82, 2.24) is 4.98 Å². The molecule has 0 aliphatic heterocycles. The summed E-state index contributed by atoms with van der Waals surface area (Å²) >= 11 is 3.49. The second kappa shape index (κ2) is 4.42. The van der Waals surface area contributed by atoms with E-state index in [1.807, 2.05) is 18.2 Å². The summed E-state index contributed by atoms with van der Waals surface area (Å²) in [6, 6.07) is 5.94. The summed E-state index contributed by atoms with van der Waals surface area (Å²) in [5.41, 5.74) is 7.59. The van der Waals surface area contributed by atoms with Crippen molar-refractivity contribution in [2.75, 3.05) is 6.54 Å². The first-order chi connectivity index (χ1) is 8.29. The van der Waals surface area contributed by atoms with Gasteiger partial charge in [-0.1, -0.05) is 12.5 Å². The summed E-state index contributed by atoms with van der Waals surface area (Å²) in [4.78, 5) is 4.60. The maximum Gasteiger partial charge on any atom is 0.198 e. The van der Waals surface area contributed by atoms with Crippen LogP contribution in [0.4, 0.5) is 0 Å². The van der Waals surface area contributed by atoms with E-state index in [0.29, 0.717) is 11.8 Å². The molecular formula is C13H15BrN2O. The Morgan fingerprint density at radius 3 is 3.06 bits per heavy atom. The van der Waals surface area contributed by atoms with Gasteiger partial charge in [-0.2, -0.15) is 0 Å². The van der Waals surface area contributed by atoms with Crippen LogP contribution in [-0.4, -0.2) is 11.5 Å². The first kappa shape index (κ1) is 11.2. The Hall–Kier alpha value is -0.870. The van der Waals surface area contributed by atoms with Gasteiger partial charge in [-0.05, 0) is 53.4 Å². The third-order valence-electron chi connectivity index (χ3n) is 3.66. The second-order valence-electron chi connectivity index (χ2n) is 4.67. The molecule has 1 saturated carbocycles. The number of hydrogen-bond donors (Lipinski definition) is 1. The predicted octanol–water partition coefficient (Wildman–Crippen LogP) is 3.43. The lowest BCUT2D eigenvalue weighted by Crippen LogP contribution is -2.17. The van der Waals surface area contributed by atoms with E-state index in [1.54, 1.807) is 0 Å². The summed E-state index contributed by atoms with van der Waals surface area (Å²) in [5, 5.41) is 0. The van der Waals surface area contributed by atoms with E-state index in [4.69, 9.17) is 10.2 Å². The fraction of sp³-hybridized carbons (Fsp3) is 0.462. The van der Waals surface area contributed by atoms with Crippen LogP contribution in [0.5, 0.6) is 0 Å². The normalized spacial score (nSPS) is 24.6. The largest absolute Gasteiger partial charge is 0.439 e. The number of oxazole rings is 1. The highest BCUT2D eigenvalue weighted by atomic mass is 79.9. The molecule has 3 rings (SSSR count). The maximum atomic E-state index is 5.90. The Bertz CT molecular complexity index is 537. The fourth-order valence-electron chi connectivity index (χ4n) is 2.74. The first-order valence-electron chi connectivity index (χ1n) is 6.04. The molecule has 1 aromatic heterocycles. The van der Waals surface area contributed by atoms with Crippen LogP contribution in [-0.2, 0) is 0 Å². The van der Waals surface area contributed by atoms with Crippen molar-refractivity contribution >= 4 is 27.0 Å². The molecule has 2 unspecified atom stereocenters. The zero-order valence-corrected chi connectivity index (χ0v) is 11.1. The number of hydrogen-bond acceptors (Lipinski definition) is 3. The van der Waals surface area contributed by atoms with Gasteiger partial charge in [0.15, 0.2) is 11.5 Å². The summed E-state index contributed by atoms with van der Waals surface area (Å²) < 4.78 is 6.87. The van der Waals surface area contributed by atoms with Crippen LogP contribution in [0.15, 0.2) is 27.1 Å². The first-order valence-corrected chi connectivity index (χ1v) is 6.84. The molecule has 2 N–H and O–H groups in total. The molecule has 4 heteroatoms. The van der Waals surface area contributed by atoms with Gasteiger partial charge in [0.1, 0.15) is 5.52 Å². The van der Waals surface area contributed by atoms with E-state index in [2.05, 4.69) is 20.9 Å². The lowest BCUT2D eigenvalue weighted by atomic mass is 9.96. The van der Waals surface area contributed by atoms with Crippen LogP contribution in [0.2, 0.25) is 0 Å². The topological polar surface area (TPSA) is 52.0 Å². The van der Waals surface area contributed by atoms with E-state index in [-0.39, 0.29) is 0 Å². The summed E-state index contributed by atoms with van der Waals surface area (Å²) in [7, 11) is 0. The monoisotopic (exact) mass is 294 g/mol. The molecule has 0 radical (unpaired) electrons. The van der Waals surface area contributed by atoms with Gasteiger partial charge in [-0.15, -0.1) is 0 Å². The highest BCUT2D eigenvalue weighted by molar-refractivity contribution is 9.10. The van der Waals surface area contributed by atoms with E-state index in [1.165, 1.54) is 12.8 Å². The van der Waals surface area contributed by atoms with Crippen molar-refractivity contribution in [2.45, 2.75) is 25.2 Å². The van der Waals surface area contributed by atoms with E-state index in [0.717, 1.165) is 34.4 Å². The molecule has 90 valence electrons. The Morgan fingerprint density at radius 2 is 2.29 bits per heavy atom.